The molecule has 2 aromatic heterocycles. The smallest absolute Gasteiger partial charge is 0.353 e. The number of Topliss-reactive ketones (excluding diaryl/α,β-unsaturated/α-hetero) is 1. The van der Waals surface area contributed by atoms with Crippen LogP contribution in [0.2, 0.25) is 0 Å². The van der Waals surface area contributed by atoms with Crippen molar-refractivity contribution >= 4 is 54.5 Å². The van der Waals surface area contributed by atoms with Crippen LogP contribution in [0.15, 0.2) is 97.4 Å². The van der Waals surface area contributed by atoms with Gasteiger partial charge in [0.05, 0.1) is 43.0 Å². The molecule has 10 rings (SSSR count). The van der Waals surface area contributed by atoms with Crippen molar-refractivity contribution < 1.29 is 59.6 Å². The highest BCUT2D eigenvalue weighted by Gasteiger charge is 2.34. The van der Waals surface area contributed by atoms with Crippen molar-refractivity contribution in [1.29, 1.82) is 0 Å². The Bertz CT molecular complexity index is 3300. The van der Waals surface area contributed by atoms with E-state index in [2.05, 4.69) is 10.6 Å². The Kier molecular flexibility index (Phi) is 12.5. The maximum absolute atomic E-state index is 14.7. The van der Waals surface area contributed by atoms with Crippen molar-refractivity contribution in [3.63, 3.8) is 0 Å². The van der Waals surface area contributed by atoms with Crippen molar-refractivity contribution in [2.45, 2.75) is 38.4 Å². The van der Waals surface area contributed by atoms with Crippen LogP contribution < -0.4 is 20.1 Å². The molecule has 68 heavy (non-hydrogen) atoms. The number of allylic oxidation sites excluding steroid dienone is 4. The standard InChI is InChI=1S/C26H24F2N2O5S.C24H20F2N2O4/c1-34-26-18(4-3-8-29-26)24-19-12-23-15(7-9-35-23)11-21(19)30(25(24)22(31)14-36(2,32)33)13-16-10-17(27)5-6-20(16)28;1-31-23-16(3-2-7-27-23)21-17-11-20-13(6-8-32-20)10-19(17)28(22(21)24(29)30)12-14-9-15(25)4-5-18(14)26/h3-6,8,10-12,26,29H,7,9,13-14H2,1-2H3;2-5,7,9-11,23,27H,6,8,12H2,1H3,(H,29,30). The third kappa shape index (κ3) is 8.77. The summed E-state index contributed by atoms with van der Waals surface area (Å²) in [5.41, 5.74) is 5.30. The van der Waals surface area contributed by atoms with Crippen LogP contribution in [0.4, 0.5) is 17.6 Å². The lowest BCUT2D eigenvalue weighted by Gasteiger charge is -2.23. The Morgan fingerprint density at radius 3 is 1.60 bits per heavy atom. The molecule has 352 valence electrons. The highest BCUT2D eigenvalue weighted by molar-refractivity contribution is 7.91. The summed E-state index contributed by atoms with van der Waals surface area (Å²) >= 11 is 0. The molecule has 0 aliphatic carbocycles. The zero-order chi connectivity index (χ0) is 48.0. The van der Waals surface area contributed by atoms with E-state index in [1.807, 2.05) is 24.3 Å². The number of carbonyl (C=O) groups is 2. The highest BCUT2D eigenvalue weighted by atomic mass is 32.2. The van der Waals surface area contributed by atoms with Crippen LogP contribution in [-0.4, -0.2) is 86.3 Å². The predicted molar refractivity (Wildman–Crippen MR) is 246 cm³/mol. The number of ether oxygens (including phenoxy) is 4. The predicted octanol–water partition coefficient (Wildman–Crippen LogP) is 7.68. The molecule has 13 nitrogen and oxygen atoms in total. The fourth-order valence-electron chi connectivity index (χ4n) is 9.20. The van der Waals surface area contributed by atoms with E-state index in [9.17, 15) is 40.7 Å². The Morgan fingerprint density at radius 2 is 1.16 bits per heavy atom. The van der Waals surface area contributed by atoms with Crippen molar-refractivity contribution in [3.05, 3.63) is 165 Å². The molecular weight excluding hydrogens is 909 g/mol. The molecule has 2 atom stereocenters. The molecule has 4 aliphatic rings. The fourth-order valence-corrected chi connectivity index (χ4v) is 9.81. The number of aromatic nitrogens is 2. The topological polar surface area (TPSA) is 159 Å². The second-order valence-electron chi connectivity index (χ2n) is 16.6. The van der Waals surface area contributed by atoms with Gasteiger partial charge < -0.3 is 43.8 Å². The number of rotatable bonds is 12. The number of benzene rings is 4. The first-order valence-electron chi connectivity index (χ1n) is 21.4. The van der Waals surface area contributed by atoms with Gasteiger partial charge in [-0.3, -0.25) is 4.79 Å². The van der Waals surface area contributed by atoms with E-state index in [1.165, 1.54) is 18.8 Å². The molecule has 18 heteroatoms. The number of carbonyl (C=O) groups excluding carboxylic acids is 1. The fraction of sp³-hybridized carbons (Fsp3) is 0.240. The number of ketones is 1. The Morgan fingerprint density at radius 1 is 0.706 bits per heavy atom. The Hall–Kier alpha value is -7.15. The van der Waals surface area contributed by atoms with Crippen LogP contribution in [-0.2, 0) is 45.2 Å². The molecule has 3 N–H and O–H groups in total. The molecule has 0 amide bonds. The lowest BCUT2D eigenvalue weighted by molar-refractivity contribution is 0.0685. The number of carboxylic acid groups (broad SMARTS) is 1. The molecule has 4 aromatic carbocycles. The average molecular weight is 953 g/mol. The number of sulfone groups is 1. The summed E-state index contributed by atoms with van der Waals surface area (Å²) in [5, 5.41) is 17.6. The second-order valence-corrected chi connectivity index (χ2v) is 18.7. The summed E-state index contributed by atoms with van der Waals surface area (Å²) in [6.07, 6.45) is 11.6. The lowest BCUT2D eigenvalue weighted by atomic mass is 9.96. The molecule has 0 saturated carbocycles. The maximum atomic E-state index is 14.7. The molecule has 0 saturated heterocycles. The monoisotopic (exact) mass is 952 g/mol. The van der Waals surface area contributed by atoms with E-state index in [1.54, 1.807) is 41.3 Å². The van der Waals surface area contributed by atoms with Crippen molar-refractivity contribution in [3.8, 4) is 11.5 Å². The van der Waals surface area contributed by atoms with Gasteiger partial charge in [0, 0.05) is 77.5 Å². The zero-order valence-electron chi connectivity index (χ0n) is 36.9. The van der Waals surface area contributed by atoms with E-state index in [4.69, 9.17) is 18.9 Å². The maximum Gasteiger partial charge on any atom is 0.353 e. The van der Waals surface area contributed by atoms with Gasteiger partial charge in [0.15, 0.2) is 28.1 Å². The van der Waals surface area contributed by atoms with Crippen LogP contribution in [0.1, 0.15) is 54.4 Å². The normalized spacial score (nSPS) is 17.0. The molecule has 0 bridgehead atoms. The van der Waals surface area contributed by atoms with Gasteiger partial charge >= 0.3 is 5.97 Å². The summed E-state index contributed by atoms with van der Waals surface area (Å²) in [5.74, 6) is -3.68. The number of fused-ring (bicyclic) bond motifs is 4. The van der Waals surface area contributed by atoms with Gasteiger partial charge in [0.2, 0.25) is 0 Å². The van der Waals surface area contributed by atoms with Crippen molar-refractivity contribution in [2.24, 2.45) is 0 Å². The first kappa shape index (κ1) is 46.0. The molecule has 0 spiro atoms. The molecule has 4 aliphatic heterocycles. The number of nitrogens with zero attached hydrogens (tertiary/aromatic N) is 2. The van der Waals surface area contributed by atoms with Gasteiger partial charge in [-0.15, -0.1) is 0 Å². The summed E-state index contributed by atoms with van der Waals surface area (Å²) in [6.45, 7) is 0.715. The summed E-state index contributed by atoms with van der Waals surface area (Å²) in [7, 11) is -0.666. The van der Waals surface area contributed by atoms with Crippen LogP contribution in [0, 0.1) is 23.3 Å². The zero-order valence-corrected chi connectivity index (χ0v) is 37.7. The Balaban J connectivity index is 0.000000171. The molecule has 6 aromatic rings. The minimum absolute atomic E-state index is 0.0299. The summed E-state index contributed by atoms with van der Waals surface area (Å²) < 4.78 is 107. The number of nitrogens with one attached hydrogen (secondary N) is 2. The molecule has 0 radical (unpaired) electrons. The van der Waals surface area contributed by atoms with E-state index < -0.39 is 63.1 Å². The lowest BCUT2D eigenvalue weighted by Crippen LogP contribution is -2.30. The number of hydrogen-bond acceptors (Lipinski definition) is 10. The van der Waals surface area contributed by atoms with Crippen LogP contribution >= 0.6 is 0 Å². The van der Waals surface area contributed by atoms with Gasteiger partial charge in [0.1, 0.15) is 46.2 Å². The van der Waals surface area contributed by atoms with E-state index in [0.717, 1.165) is 53.8 Å². The van der Waals surface area contributed by atoms with Gasteiger partial charge in [0.25, 0.3) is 0 Å². The number of hydrogen-bond donors (Lipinski definition) is 3. The van der Waals surface area contributed by atoms with Gasteiger partial charge in [-0.2, -0.15) is 0 Å². The van der Waals surface area contributed by atoms with Crippen LogP contribution in [0.3, 0.4) is 0 Å². The quantitative estimate of drug-likeness (QED) is 0.0817. The summed E-state index contributed by atoms with van der Waals surface area (Å²) in [4.78, 5) is 26.1. The first-order chi connectivity index (χ1) is 32.6. The minimum Gasteiger partial charge on any atom is -0.493 e. The number of aromatic carboxylic acids is 1. The number of dihydropyridines is 2. The average Bonchev–Trinajstić information content (AvgIpc) is 4.11. The Labute approximate surface area is 387 Å². The van der Waals surface area contributed by atoms with Crippen LogP contribution in [0.5, 0.6) is 11.5 Å². The number of methoxy groups -OCH3 is 2. The van der Waals surface area contributed by atoms with Gasteiger partial charge in [-0.25, -0.2) is 30.8 Å². The van der Waals surface area contributed by atoms with Crippen molar-refractivity contribution in [2.75, 3.05) is 39.4 Å². The first-order valence-corrected chi connectivity index (χ1v) is 23.5. The molecule has 0 fully saturated rings. The molecular formula is C50H44F4N4O9S. The molecule has 2 unspecified atom stereocenters. The summed E-state index contributed by atoms with van der Waals surface area (Å²) in [6, 6.07) is 13.7. The van der Waals surface area contributed by atoms with Crippen LogP contribution in [0.25, 0.3) is 33.0 Å². The minimum atomic E-state index is -3.69. The van der Waals surface area contributed by atoms with E-state index in [0.29, 0.717) is 81.6 Å². The van der Waals surface area contributed by atoms with Crippen molar-refractivity contribution in [1.82, 2.24) is 19.8 Å². The number of carboxylic acids is 1. The second kappa shape index (κ2) is 18.5. The highest BCUT2D eigenvalue weighted by Crippen LogP contribution is 2.42. The SMILES string of the molecule is COC1NC=CC=C1c1c(C(=O)CS(C)(=O)=O)n(Cc2cc(F)ccc2F)c2cc3c(cc12)OCC3.COC1NC=CC=C1c1c(C(=O)O)n(Cc2cc(F)ccc2F)c2cc3c(cc12)OCC3. The third-order valence-electron chi connectivity index (χ3n) is 12.1. The molecule has 6 heterocycles. The van der Waals surface area contributed by atoms with E-state index in [-0.39, 0.29) is 35.6 Å². The largest absolute Gasteiger partial charge is 0.493 e. The number of halogens is 4. The third-order valence-corrected chi connectivity index (χ3v) is 12.9. The van der Waals surface area contributed by atoms with Gasteiger partial charge in [-0.05, 0) is 96.3 Å². The van der Waals surface area contributed by atoms with Gasteiger partial charge in [-0.1, -0.05) is 12.2 Å². The van der Waals surface area contributed by atoms with E-state index >= 15 is 0 Å².